The number of benzene rings is 1. The van der Waals surface area contributed by atoms with Crippen molar-refractivity contribution in [3.63, 3.8) is 0 Å². The van der Waals surface area contributed by atoms with Crippen LogP contribution in [0.1, 0.15) is 24.5 Å². The molecule has 186 valence electrons. The maximum absolute atomic E-state index is 11.1. The van der Waals surface area contributed by atoms with Gasteiger partial charge in [0.15, 0.2) is 5.76 Å². The summed E-state index contributed by atoms with van der Waals surface area (Å²) >= 11 is 1.32. The van der Waals surface area contributed by atoms with Gasteiger partial charge in [-0.05, 0) is 68.3 Å². The predicted molar refractivity (Wildman–Crippen MR) is 138 cm³/mol. The van der Waals surface area contributed by atoms with E-state index in [4.69, 9.17) is 13.9 Å². The fourth-order valence-electron chi connectivity index (χ4n) is 3.97. The molecule has 0 spiro atoms. The van der Waals surface area contributed by atoms with Crippen molar-refractivity contribution in [2.24, 2.45) is 0 Å². The highest BCUT2D eigenvalue weighted by Crippen LogP contribution is 2.39. The maximum Gasteiger partial charge on any atom is 0.239 e. The number of pyridine rings is 1. The largest absolute Gasteiger partial charge is 0.494 e. The number of furan rings is 1. The van der Waals surface area contributed by atoms with Gasteiger partial charge in [-0.25, -0.2) is 4.52 Å². The summed E-state index contributed by atoms with van der Waals surface area (Å²) in [7, 11) is 3.19. The third-order valence-corrected chi connectivity index (χ3v) is 6.71. The van der Waals surface area contributed by atoms with Crippen molar-refractivity contribution in [1.82, 2.24) is 24.4 Å². The topological polar surface area (TPSA) is 112 Å². The number of nitrogens with zero attached hydrogens (tertiary/aromatic N) is 5. The van der Waals surface area contributed by atoms with Crippen LogP contribution in [-0.2, 0) is 0 Å². The first-order valence-electron chi connectivity index (χ1n) is 11.3. The van der Waals surface area contributed by atoms with Gasteiger partial charge in [0.2, 0.25) is 11.8 Å². The van der Waals surface area contributed by atoms with Gasteiger partial charge in [-0.3, -0.25) is 9.29 Å². The molecule has 4 aromatic heterocycles. The lowest BCUT2D eigenvalue weighted by Gasteiger charge is -2.21. The van der Waals surface area contributed by atoms with Crippen LogP contribution in [0.2, 0.25) is 0 Å². The number of rotatable bonds is 9. The van der Waals surface area contributed by atoms with Gasteiger partial charge in [-0.1, -0.05) is 12.1 Å². The molecule has 2 N–H and O–H groups in total. The molecule has 4 heterocycles. The fourth-order valence-corrected chi connectivity index (χ4v) is 4.67. The van der Waals surface area contributed by atoms with Crippen molar-refractivity contribution in [1.29, 1.82) is 0 Å². The molecule has 0 fully saturated rings. The van der Waals surface area contributed by atoms with Crippen LogP contribution in [0.25, 0.3) is 22.8 Å². The summed E-state index contributed by atoms with van der Waals surface area (Å²) < 4.78 is 23.9. The van der Waals surface area contributed by atoms with Gasteiger partial charge < -0.3 is 19.0 Å². The number of anilines is 1. The van der Waals surface area contributed by atoms with Crippen LogP contribution in [0.3, 0.4) is 0 Å². The van der Waals surface area contributed by atoms with E-state index in [1.807, 2.05) is 68.4 Å². The predicted octanol–water partition coefficient (Wildman–Crippen LogP) is 4.68. The summed E-state index contributed by atoms with van der Waals surface area (Å²) in [5, 5.41) is 24.0. The van der Waals surface area contributed by atoms with E-state index in [-0.39, 0.29) is 5.25 Å². The quantitative estimate of drug-likeness (QED) is 0.275. The summed E-state index contributed by atoms with van der Waals surface area (Å²) in [6.07, 6.45) is 0.915. The summed E-state index contributed by atoms with van der Waals surface area (Å²) in [6.45, 7) is 3.79. The van der Waals surface area contributed by atoms with Crippen LogP contribution < -0.4 is 14.2 Å². The van der Waals surface area contributed by atoms with Gasteiger partial charge in [0.1, 0.15) is 29.1 Å². The first kappa shape index (κ1) is 23.8. The van der Waals surface area contributed by atoms with Gasteiger partial charge in [0, 0.05) is 6.20 Å². The van der Waals surface area contributed by atoms with Crippen molar-refractivity contribution >= 4 is 23.4 Å². The zero-order chi connectivity index (χ0) is 25.2. The standard InChI is InChI=1S/C25H26N6O4S/c1-15-11-12-21(35-15)24-27-28-25(30(24)22-19(33-3)9-6-10-20(22)34-4)29-36-16(2)23(32)18-8-5-7-17-13-14-26-31(17)18/h5-14,16,23,32H,1-4H3,(H,28,29). The first-order chi connectivity index (χ1) is 17.5. The zero-order valence-corrected chi connectivity index (χ0v) is 21.1. The number of fused-ring (bicyclic) bond motifs is 1. The van der Waals surface area contributed by atoms with E-state index in [0.29, 0.717) is 40.4 Å². The Morgan fingerprint density at radius 1 is 1.00 bits per heavy atom. The number of aliphatic hydroxyl groups is 1. The fraction of sp³-hybridized carbons (Fsp3) is 0.240. The maximum atomic E-state index is 11.1. The van der Waals surface area contributed by atoms with Gasteiger partial charge in [-0.15, -0.1) is 10.2 Å². The number of methoxy groups -OCH3 is 2. The molecule has 2 unspecified atom stereocenters. The molecule has 0 aliphatic rings. The number of aliphatic hydroxyl groups excluding tert-OH is 1. The summed E-state index contributed by atoms with van der Waals surface area (Å²) in [6, 6.07) is 16.8. The van der Waals surface area contributed by atoms with Crippen molar-refractivity contribution in [2.75, 3.05) is 18.9 Å². The molecule has 0 amide bonds. The molecule has 5 rings (SSSR count). The van der Waals surface area contributed by atoms with Crippen LogP contribution in [0.15, 0.2) is 65.2 Å². The van der Waals surface area contributed by atoms with E-state index >= 15 is 0 Å². The van der Waals surface area contributed by atoms with Crippen LogP contribution in [0, 0.1) is 6.92 Å². The Kier molecular flexibility index (Phi) is 6.57. The van der Waals surface area contributed by atoms with E-state index in [2.05, 4.69) is 20.0 Å². The molecule has 0 saturated carbocycles. The highest BCUT2D eigenvalue weighted by molar-refractivity contribution is 8.01. The number of para-hydroxylation sites is 1. The smallest absolute Gasteiger partial charge is 0.239 e. The SMILES string of the molecule is COc1cccc(OC)c1-n1c(NSC(C)C(O)c2cccc3ccnn23)nnc1-c1ccc(C)o1. The lowest BCUT2D eigenvalue weighted by molar-refractivity contribution is 0.172. The average molecular weight is 507 g/mol. The molecule has 36 heavy (non-hydrogen) atoms. The summed E-state index contributed by atoms with van der Waals surface area (Å²) in [5.74, 6) is 3.34. The Morgan fingerprint density at radius 2 is 1.75 bits per heavy atom. The Hall–Kier alpha value is -3.96. The Bertz CT molecular complexity index is 1470. The summed E-state index contributed by atoms with van der Waals surface area (Å²) in [5.41, 5.74) is 2.23. The first-order valence-corrected chi connectivity index (χ1v) is 12.2. The molecule has 5 aromatic rings. The molecular weight excluding hydrogens is 480 g/mol. The monoisotopic (exact) mass is 506 g/mol. The van der Waals surface area contributed by atoms with E-state index in [1.54, 1.807) is 29.5 Å². The molecule has 2 atom stereocenters. The second kappa shape index (κ2) is 9.96. The zero-order valence-electron chi connectivity index (χ0n) is 20.2. The number of ether oxygens (including phenoxy) is 2. The molecule has 0 bridgehead atoms. The second-order valence-electron chi connectivity index (χ2n) is 8.09. The molecule has 0 aliphatic carbocycles. The van der Waals surface area contributed by atoms with Crippen LogP contribution in [0.4, 0.5) is 5.95 Å². The van der Waals surface area contributed by atoms with E-state index in [1.165, 1.54) is 11.9 Å². The second-order valence-corrected chi connectivity index (χ2v) is 9.28. The molecule has 0 saturated heterocycles. The molecule has 0 aliphatic heterocycles. The van der Waals surface area contributed by atoms with Crippen molar-refractivity contribution in [2.45, 2.75) is 25.2 Å². The van der Waals surface area contributed by atoms with Gasteiger partial charge in [0.25, 0.3) is 0 Å². The van der Waals surface area contributed by atoms with Gasteiger partial charge in [0.05, 0.1) is 30.7 Å². The van der Waals surface area contributed by atoms with E-state index < -0.39 is 6.10 Å². The van der Waals surface area contributed by atoms with Gasteiger partial charge >= 0.3 is 0 Å². The van der Waals surface area contributed by atoms with E-state index in [0.717, 1.165) is 11.3 Å². The minimum Gasteiger partial charge on any atom is -0.494 e. The molecule has 0 radical (unpaired) electrons. The highest BCUT2D eigenvalue weighted by Gasteiger charge is 2.26. The highest BCUT2D eigenvalue weighted by atomic mass is 32.2. The minimum atomic E-state index is -0.796. The normalized spacial score (nSPS) is 13.0. The minimum absolute atomic E-state index is 0.265. The Labute approximate surface area is 212 Å². The van der Waals surface area contributed by atoms with Gasteiger partial charge in [-0.2, -0.15) is 5.10 Å². The third kappa shape index (κ3) is 4.27. The number of aromatic nitrogens is 5. The molecule has 11 heteroatoms. The van der Waals surface area contributed by atoms with Crippen molar-refractivity contribution in [3.8, 4) is 28.8 Å². The summed E-state index contributed by atoms with van der Waals surface area (Å²) in [4.78, 5) is 0. The number of aryl methyl sites for hydroxylation is 1. The van der Waals surface area contributed by atoms with Crippen molar-refractivity contribution in [3.05, 3.63) is 72.2 Å². The number of nitrogens with one attached hydrogen (secondary N) is 1. The lowest BCUT2D eigenvalue weighted by atomic mass is 10.2. The number of hydrogen-bond donors (Lipinski definition) is 2. The number of hydrogen-bond acceptors (Lipinski definition) is 9. The lowest BCUT2D eigenvalue weighted by Crippen LogP contribution is -2.17. The molecular formula is C25H26N6O4S. The average Bonchev–Trinajstić information content (AvgIpc) is 3.65. The van der Waals surface area contributed by atoms with Crippen LogP contribution in [-0.4, -0.2) is 49.0 Å². The third-order valence-electron chi connectivity index (χ3n) is 5.78. The Balaban J connectivity index is 1.50. The van der Waals surface area contributed by atoms with Crippen molar-refractivity contribution < 1.29 is 19.0 Å². The van der Waals surface area contributed by atoms with E-state index in [9.17, 15) is 5.11 Å². The molecule has 1 aromatic carbocycles. The Morgan fingerprint density at radius 3 is 2.44 bits per heavy atom. The van der Waals surface area contributed by atoms with Crippen LogP contribution in [0.5, 0.6) is 11.5 Å². The van der Waals surface area contributed by atoms with Crippen LogP contribution >= 0.6 is 11.9 Å². The molecule has 10 nitrogen and oxygen atoms in total.